The number of amides is 3. The third-order valence-corrected chi connectivity index (χ3v) is 3.76. The van der Waals surface area contributed by atoms with E-state index in [0.29, 0.717) is 0 Å². The molecule has 0 heterocycles. The van der Waals surface area contributed by atoms with Crippen molar-refractivity contribution in [1.82, 2.24) is 16.0 Å². The highest BCUT2D eigenvalue weighted by Crippen LogP contribution is 2.02. The summed E-state index contributed by atoms with van der Waals surface area (Å²) in [6, 6.07) is -6.17. The van der Waals surface area contributed by atoms with Gasteiger partial charge in [0.1, 0.15) is 18.1 Å². The summed E-state index contributed by atoms with van der Waals surface area (Å²) in [6.45, 7) is 1.14. The van der Waals surface area contributed by atoms with Crippen LogP contribution < -0.4 is 21.7 Å². The van der Waals surface area contributed by atoms with Crippen molar-refractivity contribution in [2.45, 2.75) is 56.8 Å². The standard InChI is InChI=1S/C16H24N4O11/c1-6(13(27)20-9(16(30)31)5-12(25)26)18-15(29)8(2-3-10(21)22)19-14(28)7(17)4-11(23)24/h6-9H,2-5,17H2,1H3,(H,18,29)(H,19,28)(H,20,27)(H,21,22)(H,23,24)(H,25,26)(H,30,31)/t6-,7-,8-,9-/m0/s1. The molecule has 0 fully saturated rings. The molecule has 0 aromatic carbocycles. The summed E-state index contributed by atoms with van der Waals surface area (Å²) in [5.74, 6) is -8.90. The van der Waals surface area contributed by atoms with Gasteiger partial charge in [-0.25, -0.2) is 4.79 Å². The molecule has 0 saturated carbocycles. The molecule has 15 nitrogen and oxygen atoms in total. The maximum absolute atomic E-state index is 12.4. The minimum atomic E-state index is -1.76. The molecule has 0 aliphatic rings. The van der Waals surface area contributed by atoms with Crippen LogP contribution in [0.5, 0.6) is 0 Å². The second-order valence-electron chi connectivity index (χ2n) is 6.43. The molecular weight excluding hydrogens is 424 g/mol. The molecule has 0 saturated heterocycles. The van der Waals surface area contributed by atoms with Crippen LogP contribution in [0.2, 0.25) is 0 Å². The average molecular weight is 448 g/mol. The van der Waals surface area contributed by atoms with Gasteiger partial charge >= 0.3 is 23.9 Å². The highest BCUT2D eigenvalue weighted by atomic mass is 16.4. The Morgan fingerprint density at radius 3 is 1.68 bits per heavy atom. The van der Waals surface area contributed by atoms with E-state index in [1.54, 1.807) is 0 Å². The first kappa shape index (κ1) is 27.2. The van der Waals surface area contributed by atoms with Crippen LogP contribution in [0.3, 0.4) is 0 Å². The van der Waals surface area contributed by atoms with E-state index in [0.717, 1.165) is 6.92 Å². The molecule has 0 aliphatic heterocycles. The van der Waals surface area contributed by atoms with Crippen LogP contribution in [0, 0.1) is 0 Å². The number of hydrogen-bond donors (Lipinski definition) is 8. The van der Waals surface area contributed by atoms with E-state index in [2.05, 4.69) is 10.6 Å². The highest BCUT2D eigenvalue weighted by molar-refractivity contribution is 5.95. The van der Waals surface area contributed by atoms with Crippen molar-refractivity contribution >= 4 is 41.6 Å². The second-order valence-corrected chi connectivity index (χ2v) is 6.43. The fourth-order valence-corrected chi connectivity index (χ4v) is 2.15. The Bertz CT molecular complexity index is 739. The topological polar surface area (TPSA) is 263 Å². The minimum Gasteiger partial charge on any atom is -0.481 e. The largest absolute Gasteiger partial charge is 0.481 e. The summed E-state index contributed by atoms with van der Waals surface area (Å²) in [5, 5.41) is 41.2. The Balaban J connectivity index is 5.16. The van der Waals surface area contributed by atoms with Gasteiger partial charge in [0.05, 0.1) is 18.9 Å². The molecule has 31 heavy (non-hydrogen) atoms. The molecule has 0 bridgehead atoms. The molecule has 0 aromatic rings. The molecule has 0 spiro atoms. The van der Waals surface area contributed by atoms with Crippen LogP contribution in [0.15, 0.2) is 0 Å². The maximum atomic E-state index is 12.4. The van der Waals surface area contributed by atoms with Gasteiger partial charge in [-0.2, -0.15) is 0 Å². The van der Waals surface area contributed by atoms with E-state index >= 15 is 0 Å². The van der Waals surface area contributed by atoms with Gasteiger partial charge < -0.3 is 42.1 Å². The van der Waals surface area contributed by atoms with E-state index in [-0.39, 0.29) is 0 Å². The van der Waals surface area contributed by atoms with E-state index in [1.807, 2.05) is 5.32 Å². The van der Waals surface area contributed by atoms with Crippen LogP contribution in [0.1, 0.15) is 32.6 Å². The molecule has 174 valence electrons. The lowest BCUT2D eigenvalue weighted by Crippen LogP contribution is -2.56. The number of hydrogen-bond acceptors (Lipinski definition) is 8. The third-order valence-electron chi connectivity index (χ3n) is 3.76. The molecule has 0 unspecified atom stereocenters. The smallest absolute Gasteiger partial charge is 0.326 e. The normalized spacial score (nSPS) is 14.3. The lowest BCUT2D eigenvalue weighted by atomic mass is 10.1. The number of carbonyl (C=O) groups excluding carboxylic acids is 3. The van der Waals surface area contributed by atoms with E-state index < -0.39 is 91.4 Å². The zero-order valence-corrected chi connectivity index (χ0v) is 16.4. The number of aliphatic carboxylic acids is 4. The summed E-state index contributed by atoms with van der Waals surface area (Å²) in [7, 11) is 0. The monoisotopic (exact) mass is 448 g/mol. The zero-order chi connectivity index (χ0) is 24.3. The predicted molar refractivity (Wildman–Crippen MR) is 98.5 cm³/mol. The third kappa shape index (κ3) is 11.1. The molecule has 9 N–H and O–H groups in total. The minimum absolute atomic E-state index is 0.419. The van der Waals surface area contributed by atoms with E-state index in [4.69, 9.17) is 26.2 Å². The van der Waals surface area contributed by atoms with Gasteiger partial charge in [-0.15, -0.1) is 0 Å². The van der Waals surface area contributed by atoms with Crippen LogP contribution >= 0.6 is 0 Å². The average Bonchev–Trinajstić information content (AvgIpc) is 2.62. The van der Waals surface area contributed by atoms with Crippen LogP contribution in [0.4, 0.5) is 0 Å². The molecule has 0 aromatic heterocycles. The Morgan fingerprint density at radius 2 is 1.23 bits per heavy atom. The SMILES string of the molecule is C[C@H](NC(=O)[C@H](CCC(=O)O)NC(=O)[C@@H](N)CC(=O)O)C(=O)N[C@@H](CC(=O)O)C(=O)O. The lowest BCUT2D eigenvalue weighted by molar-refractivity contribution is -0.147. The Hall–Kier alpha value is -3.75. The fourth-order valence-electron chi connectivity index (χ4n) is 2.15. The second kappa shape index (κ2) is 12.7. The lowest BCUT2D eigenvalue weighted by Gasteiger charge is -2.22. The number of carboxylic acids is 4. The van der Waals surface area contributed by atoms with Crippen molar-refractivity contribution in [3.05, 3.63) is 0 Å². The van der Waals surface area contributed by atoms with E-state index in [1.165, 1.54) is 0 Å². The van der Waals surface area contributed by atoms with Crippen molar-refractivity contribution in [1.29, 1.82) is 0 Å². The van der Waals surface area contributed by atoms with Crippen molar-refractivity contribution < 1.29 is 54.0 Å². The van der Waals surface area contributed by atoms with Gasteiger partial charge in [0, 0.05) is 6.42 Å². The number of carboxylic acid groups (broad SMARTS) is 4. The summed E-state index contributed by atoms with van der Waals surface area (Å²) in [5.41, 5.74) is 5.39. The number of carbonyl (C=O) groups is 7. The van der Waals surface area contributed by atoms with Gasteiger partial charge in [-0.1, -0.05) is 0 Å². The molecule has 0 rings (SSSR count). The van der Waals surface area contributed by atoms with E-state index in [9.17, 15) is 33.6 Å². The van der Waals surface area contributed by atoms with Crippen molar-refractivity contribution in [3.63, 3.8) is 0 Å². The van der Waals surface area contributed by atoms with Crippen LogP contribution in [-0.2, 0) is 33.6 Å². The Labute approximate surface area is 175 Å². The zero-order valence-electron chi connectivity index (χ0n) is 16.4. The summed E-state index contributed by atoms with van der Waals surface area (Å²) in [4.78, 5) is 79.5. The predicted octanol–water partition coefficient (Wildman–Crippen LogP) is -3.31. The van der Waals surface area contributed by atoms with Crippen molar-refractivity contribution in [2.24, 2.45) is 5.73 Å². The number of nitrogens with two attached hydrogens (primary N) is 1. The Morgan fingerprint density at radius 1 is 0.710 bits per heavy atom. The molecule has 0 aliphatic carbocycles. The van der Waals surface area contributed by atoms with Gasteiger partial charge in [0.25, 0.3) is 0 Å². The van der Waals surface area contributed by atoms with Crippen molar-refractivity contribution in [2.75, 3.05) is 0 Å². The van der Waals surface area contributed by atoms with Crippen LogP contribution in [0.25, 0.3) is 0 Å². The number of nitrogens with one attached hydrogen (secondary N) is 3. The Kier molecular flexibility index (Phi) is 11.2. The van der Waals surface area contributed by atoms with Crippen molar-refractivity contribution in [3.8, 4) is 0 Å². The van der Waals surface area contributed by atoms with Gasteiger partial charge in [-0.05, 0) is 13.3 Å². The first-order chi connectivity index (χ1) is 14.2. The molecular formula is C16H24N4O11. The molecule has 0 radical (unpaired) electrons. The fraction of sp³-hybridized carbons (Fsp3) is 0.562. The van der Waals surface area contributed by atoms with Gasteiger partial charge in [-0.3, -0.25) is 28.8 Å². The first-order valence-corrected chi connectivity index (χ1v) is 8.79. The quantitative estimate of drug-likeness (QED) is 0.130. The highest BCUT2D eigenvalue weighted by Gasteiger charge is 2.29. The molecule has 15 heteroatoms. The van der Waals surface area contributed by atoms with Gasteiger partial charge in [0.15, 0.2) is 0 Å². The summed E-state index contributed by atoms with van der Waals surface area (Å²) in [6.07, 6.45) is -2.65. The maximum Gasteiger partial charge on any atom is 0.326 e. The molecule has 3 amide bonds. The first-order valence-electron chi connectivity index (χ1n) is 8.79. The summed E-state index contributed by atoms with van der Waals surface area (Å²) >= 11 is 0. The van der Waals surface area contributed by atoms with Gasteiger partial charge in [0.2, 0.25) is 17.7 Å². The summed E-state index contributed by atoms with van der Waals surface area (Å²) < 4.78 is 0. The molecule has 4 atom stereocenters. The van der Waals surface area contributed by atoms with Crippen LogP contribution in [-0.4, -0.2) is 86.2 Å². The number of rotatable bonds is 14.